The molecule has 1 aromatic rings. The van der Waals surface area contributed by atoms with Crippen molar-refractivity contribution in [2.45, 2.75) is 19.9 Å². The van der Waals surface area contributed by atoms with E-state index < -0.39 is 6.09 Å². The van der Waals surface area contributed by atoms with E-state index in [1.54, 1.807) is 12.3 Å². The van der Waals surface area contributed by atoms with Gasteiger partial charge in [0.2, 0.25) is 5.28 Å². The number of hydrogen-bond acceptors (Lipinski definition) is 4. The lowest BCUT2D eigenvalue weighted by molar-refractivity contribution is 0.193. The number of halogens is 1. The van der Waals surface area contributed by atoms with Gasteiger partial charge in [-0.05, 0) is 23.6 Å². The first-order valence-corrected chi connectivity index (χ1v) is 5.58. The van der Waals surface area contributed by atoms with Gasteiger partial charge < -0.3 is 15.7 Å². The molecule has 0 spiro atoms. The number of nitrogens with one attached hydrogen (secondary N) is 2. The quantitative estimate of drug-likeness (QED) is 0.702. The van der Waals surface area contributed by atoms with Crippen LogP contribution >= 0.6 is 11.6 Å². The summed E-state index contributed by atoms with van der Waals surface area (Å²) in [4.78, 5) is 18.2. The van der Waals surface area contributed by atoms with E-state index in [1.165, 1.54) is 0 Å². The molecule has 0 bridgehead atoms. The van der Waals surface area contributed by atoms with Gasteiger partial charge in [-0.15, -0.1) is 0 Å². The summed E-state index contributed by atoms with van der Waals surface area (Å²) in [6.45, 7) is 4.28. The summed E-state index contributed by atoms with van der Waals surface area (Å²) in [7, 11) is 0. The standard InChI is InChI=1S/C10H15ClN4O2/c1-6(2)7(5-13-10(16)17)14-8-3-4-12-9(11)15-8/h3-4,6-7,13H,5H2,1-2H3,(H,16,17)(H,12,14,15). The number of aromatic nitrogens is 2. The van der Waals surface area contributed by atoms with E-state index in [1.807, 2.05) is 13.8 Å². The lowest BCUT2D eigenvalue weighted by Gasteiger charge is -2.22. The molecule has 0 aliphatic carbocycles. The summed E-state index contributed by atoms with van der Waals surface area (Å²) in [5.41, 5.74) is 0. The summed E-state index contributed by atoms with van der Waals surface area (Å²) >= 11 is 5.66. The second-order valence-electron chi connectivity index (χ2n) is 3.89. The Kier molecular flexibility index (Phi) is 4.96. The van der Waals surface area contributed by atoms with Gasteiger partial charge in [-0.25, -0.2) is 14.8 Å². The van der Waals surface area contributed by atoms with E-state index in [9.17, 15) is 4.79 Å². The maximum Gasteiger partial charge on any atom is 0.404 e. The van der Waals surface area contributed by atoms with Crippen molar-refractivity contribution in [3.8, 4) is 0 Å². The van der Waals surface area contributed by atoms with E-state index in [-0.39, 0.29) is 17.2 Å². The highest BCUT2D eigenvalue weighted by Gasteiger charge is 2.14. The molecule has 0 radical (unpaired) electrons. The van der Waals surface area contributed by atoms with Crippen molar-refractivity contribution in [1.29, 1.82) is 0 Å². The van der Waals surface area contributed by atoms with E-state index in [4.69, 9.17) is 16.7 Å². The minimum atomic E-state index is -1.04. The third kappa shape index (κ3) is 4.86. The fourth-order valence-electron chi connectivity index (χ4n) is 1.26. The normalized spacial score (nSPS) is 12.2. The Morgan fingerprint density at radius 2 is 2.29 bits per heavy atom. The third-order valence-electron chi connectivity index (χ3n) is 2.24. The Hall–Kier alpha value is -1.56. The first-order chi connectivity index (χ1) is 7.99. The van der Waals surface area contributed by atoms with Crippen LogP contribution in [0.15, 0.2) is 12.3 Å². The molecule has 1 heterocycles. The first-order valence-electron chi connectivity index (χ1n) is 5.21. The molecule has 6 nitrogen and oxygen atoms in total. The van der Waals surface area contributed by atoms with Crippen LogP contribution in [0.1, 0.15) is 13.8 Å². The molecule has 0 aliphatic heterocycles. The minimum absolute atomic E-state index is 0.0583. The maximum absolute atomic E-state index is 10.4. The van der Waals surface area contributed by atoms with Crippen LogP contribution in [0.3, 0.4) is 0 Å². The molecule has 0 saturated heterocycles. The van der Waals surface area contributed by atoms with Gasteiger partial charge in [-0.3, -0.25) is 0 Å². The molecular weight excluding hydrogens is 244 g/mol. The van der Waals surface area contributed by atoms with E-state index in [0.29, 0.717) is 12.4 Å². The van der Waals surface area contributed by atoms with Gasteiger partial charge in [0.05, 0.1) is 0 Å². The Labute approximate surface area is 104 Å². The number of carboxylic acid groups (broad SMARTS) is 1. The van der Waals surface area contributed by atoms with E-state index >= 15 is 0 Å². The molecule has 3 N–H and O–H groups in total. The molecule has 0 aliphatic rings. The van der Waals surface area contributed by atoms with Crippen molar-refractivity contribution in [2.75, 3.05) is 11.9 Å². The Bertz CT molecular complexity index is 386. The zero-order valence-electron chi connectivity index (χ0n) is 9.64. The van der Waals surface area contributed by atoms with Crippen LogP contribution in [0.25, 0.3) is 0 Å². The number of carbonyl (C=O) groups is 1. The van der Waals surface area contributed by atoms with Crippen LogP contribution < -0.4 is 10.6 Å². The summed E-state index contributed by atoms with van der Waals surface area (Å²) in [6, 6.07) is 1.62. The number of amides is 1. The Balaban J connectivity index is 2.63. The van der Waals surface area contributed by atoms with Gasteiger partial charge in [0, 0.05) is 18.8 Å². The molecule has 0 aromatic carbocycles. The Morgan fingerprint density at radius 1 is 1.59 bits per heavy atom. The zero-order valence-corrected chi connectivity index (χ0v) is 10.4. The molecule has 7 heteroatoms. The lowest BCUT2D eigenvalue weighted by Crippen LogP contribution is -2.39. The highest BCUT2D eigenvalue weighted by Crippen LogP contribution is 2.11. The molecule has 17 heavy (non-hydrogen) atoms. The average molecular weight is 259 g/mol. The molecule has 1 unspecified atom stereocenters. The second kappa shape index (κ2) is 6.24. The molecule has 94 valence electrons. The smallest absolute Gasteiger partial charge is 0.404 e. The minimum Gasteiger partial charge on any atom is -0.465 e. The lowest BCUT2D eigenvalue weighted by atomic mass is 10.0. The number of rotatable bonds is 5. The van der Waals surface area contributed by atoms with Crippen LogP contribution in [0.5, 0.6) is 0 Å². The predicted molar refractivity (Wildman–Crippen MR) is 65.3 cm³/mol. The van der Waals surface area contributed by atoms with Crippen LogP contribution in [0, 0.1) is 5.92 Å². The van der Waals surface area contributed by atoms with Crippen molar-refractivity contribution < 1.29 is 9.90 Å². The highest BCUT2D eigenvalue weighted by atomic mass is 35.5. The number of anilines is 1. The summed E-state index contributed by atoms with van der Waals surface area (Å²) < 4.78 is 0. The van der Waals surface area contributed by atoms with Crippen molar-refractivity contribution in [3.63, 3.8) is 0 Å². The van der Waals surface area contributed by atoms with Crippen molar-refractivity contribution in [3.05, 3.63) is 17.5 Å². The zero-order chi connectivity index (χ0) is 12.8. The highest BCUT2D eigenvalue weighted by molar-refractivity contribution is 6.28. The SMILES string of the molecule is CC(C)C(CNC(=O)O)Nc1ccnc(Cl)n1. The second-order valence-corrected chi connectivity index (χ2v) is 4.23. The fourth-order valence-corrected chi connectivity index (χ4v) is 1.40. The van der Waals surface area contributed by atoms with Gasteiger partial charge in [-0.2, -0.15) is 0 Å². The van der Waals surface area contributed by atoms with E-state index in [0.717, 1.165) is 0 Å². The fraction of sp³-hybridized carbons (Fsp3) is 0.500. The van der Waals surface area contributed by atoms with Crippen molar-refractivity contribution in [2.24, 2.45) is 5.92 Å². The van der Waals surface area contributed by atoms with E-state index in [2.05, 4.69) is 20.6 Å². The van der Waals surface area contributed by atoms with Crippen LogP contribution in [0.4, 0.5) is 10.6 Å². The van der Waals surface area contributed by atoms with Crippen LogP contribution in [-0.2, 0) is 0 Å². The van der Waals surface area contributed by atoms with Crippen molar-refractivity contribution >= 4 is 23.5 Å². The molecule has 0 saturated carbocycles. The summed E-state index contributed by atoms with van der Waals surface area (Å²) in [5.74, 6) is 0.825. The maximum atomic E-state index is 10.4. The molecule has 1 aromatic heterocycles. The first kappa shape index (κ1) is 13.5. The largest absolute Gasteiger partial charge is 0.465 e. The average Bonchev–Trinajstić information content (AvgIpc) is 2.23. The van der Waals surface area contributed by atoms with Crippen LogP contribution in [0.2, 0.25) is 5.28 Å². The number of hydrogen-bond donors (Lipinski definition) is 3. The molecule has 1 rings (SSSR count). The van der Waals surface area contributed by atoms with Gasteiger partial charge in [-0.1, -0.05) is 13.8 Å². The monoisotopic (exact) mass is 258 g/mol. The summed E-state index contributed by atoms with van der Waals surface area (Å²) in [5, 5.41) is 14.2. The topological polar surface area (TPSA) is 87.1 Å². The molecule has 1 atom stereocenters. The molecular formula is C10H15ClN4O2. The van der Waals surface area contributed by atoms with Gasteiger partial charge in [0.15, 0.2) is 0 Å². The van der Waals surface area contributed by atoms with Gasteiger partial charge in [0.1, 0.15) is 5.82 Å². The summed E-state index contributed by atoms with van der Waals surface area (Å²) in [6.07, 6.45) is 0.498. The van der Waals surface area contributed by atoms with Gasteiger partial charge in [0.25, 0.3) is 0 Å². The van der Waals surface area contributed by atoms with Crippen LogP contribution in [-0.4, -0.2) is 33.8 Å². The molecule has 1 amide bonds. The Morgan fingerprint density at radius 3 is 2.82 bits per heavy atom. The van der Waals surface area contributed by atoms with Gasteiger partial charge >= 0.3 is 6.09 Å². The molecule has 0 fully saturated rings. The van der Waals surface area contributed by atoms with Crippen molar-refractivity contribution in [1.82, 2.24) is 15.3 Å². The third-order valence-corrected chi connectivity index (χ3v) is 2.42. The number of nitrogens with zero attached hydrogens (tertiary/aromatic N) is 2. The predicted octanol–water partition coefficient (Wildman–Crippen LogP) is 1.83.